The van der Waals surface area contributed by atoms with Gasteiger partial charge in [-0.15, -0.1) is 0 Å². The molecule has 0 N–H and O–H groups in total. The summed E-state index contributed by atoms with van der Waals surface area (Å²) in [4.78, 5) is 12.4. The minimum atomic E-state index is -2.93. The van der Waals surface area contributed by atoms with Crippen molar-refractivity contribution in [3.8, 4) is 11.5 Å². The van der Waals surface area contributed by atoms with Crippen LogP contribution in [0.5, 0.6) is 11.5 Å². The number of hydrogen-bond donors (Lipinski definition) is 0. The third-order valence-electron chi connectivity index (χ3n) is 3.77. The zero-order valence-corrected chi connectivity index (χ0v) is 13.4. The molecule has 0 amide bonds. The van der Waals surface area contributed by atoms with E-state index in [1.165, 1.54) is 13.2 Å². The number of methoxy groups -OCH3 is 1. The molecule has 2 aromatic rings. The molecule has 0 fully saturated rings. The molecular weight excluding hydrogens is 338 g/mol. The normalized spacial score (nSPS) is 15.0. The van der Waals surface area contributed by atoms with Crippen LogP contribution >= 0.6 is 11.6 Å². The molecule has 0 spiro atoms. The first-order chi connectivity index (χ1) is 11.5. The summed E-state index contributed by atoms with van der Waals surface area (Å²) in [5.41, 5.74) is 2.64. The number of fused-ring (bicyclic) bond motifs is 1. The molecule has 6 heteroatoms. The van der Waals surface area contributed by atoms with Crippen LogP contribution in [0.3, 0.4) is 0 Å². The summed E-state index contributed by atoms with van der Waals surface area (Å²) < 4.78 is 34.2. The average Bonchev–Trinajstić information content (AvgIpc) is 2.86. The fourth-order valence-electron chi connectivity index (χ4n) is 2.68. The monoisotopic (exact) mass is 350 g/mol. The van der Waals surface area contributed by atoms with Gasteiger partial charge in [-0.25, -0.2) is 0 Å². The second kappa shape index (κ2) is 6.61. The van der Waals surface area contributed by atoms with Crippen LogP contribution in [0.2, 0.25) is 5.02 Å². The van der Waals surface area contributed by atoms with Crippen LogP contribution in [0.4, 0.5) is 8.78 Å². The average molecular weight is 351 g/mol. The Bertz CT molecular complexity index is 831. The lowest BCUT2D eigenvalue weighted by molar-refractivity contribution is -0.0512. The van der Waals surface area contributed by atoms with Crippen LogP contribution in [0.1, 0.15) is 21.5 Å². The molecule has 24 heavy (non-hydrogen) atoms. The van der Waals surface area contributed by atoms with Crippen LogP contribution in [-0.2, 0) is 6.42 Å². The molecule has 0 radical (unpaired) electrons. The van der Waals surface area contributed by atoms with Crippen molar-refractivity contribution in [1.82, 2.24) is 0 Å². The number of rotatable bonds is 4. The maximum Gasteiger partial charge on any atom is 0.387 e. The van der Waals surface area contributed by atoms with E-state index in [2.05, 4.69) is 4.74 Å². The number of hydrogen-bond acceptors (Lipinski definition) is 3. The summed E-state index contributed by atoms with van der Waals surface area (Å²) in [6, 6.07) is 9.74. The first kappa shape index (κ1) is 16.5. The van der Waals surface area contributed by atoms with Crippen molar-refractivity contribution in [3.05, 3.63) is 63.7 Å². The first-order valence-corrected chi connectivity index (χ1v) is 7.53. The summed E-state index contributed by atoms with van der Waals surface area (Å²) in [6.45, 7) is -2.93. The lowest BCUT2D eigenvalue weighted by Crippen LogP contribution is -2.03. The SMILES string of the molecule is COc1cc(/C=C2/Cc3c(Cl)cccc3C2=O)ccc1OC(F)F. The Labute approximate surface area is 142 Å². The molecule has 3 nitrogen and oxygen atoms in total. The predicted molar refractivity (Wildman–Crippen MR) is 87.1 cm³/mol. The highest BCUT2D eigenvalue weighted by molar-refractivity contribution is 6.33. The Kier molecular flexibility index (Phi) is 4.53. The molecule has 0 aromatic heterocycles. The number of carbonyl (C=O) groups excluding carboxylic acids is 1. The summed E-state index contributed by atoms with van der Waals surface area (Å²) in [6.07, 6.45) is 2.14. The fourth-order valence-corrected chi connectivity index (χ4v) is 2.92. The zero-order valence-electron chi connectivity index (χ0n) is 12.7. The van der Waals surface area contributed by atoms with Gasteiger partial charge in [-0.3, -0.25) is 4.79 Å². The molecule has 3 rings (SSSR count). The molecule has 0 saturated heterocycles. The quantitative estimate of drug-likeness (QED) is 0.745. The van der Waals surface area contributed by atoms with Gasteiger partial charge in [0.1, 0.15) is 0 Å². The van der Waals surface area contributed by atoms with Crippen molar-refractivity contribution in [3.63, 3.8) is 0 Å². The van der Waals surface area contributed by atoms with Gasteiger partial charge < -0.3 is 9.47 Å². The molecule has 0 heterocycles. The minimum absolute atomic E-state index is 0.0567. The van der Waals surface area contributed by atoms with Gasteiger partial charge in [0.15, 0.2) is 17.3 Å². The lowest BCUT2D eigenvalue weighted by atomic mass is 10.1. The lowest BCUT2D eigenvalue weighted by Gasteiger charge is -2.10. The topological polar surface area (TPSA) is 35.5 Å². The second-order valence-electron chi connectivity index (χ2n) is 5.23. The van der Waals surface area contributed by atoms with Crippen molar-refractivity contribution in [2.24, 2.45) is 0 Å². The van der Waals surface area contributed by atoms with Gasteiger partial charge in [-0.05, 0) is 35.4 Å². The summed E-state index contributed by atoms with van der Waals surface area (Å²) in [5.74, 6) is 0.0312. The van der Waals surface area contributed by atoms with Gasteiger partial charge in [0.25, 0.3) is 0 Å². The van der Waals surface area contributed by atoms with Crippen LogP contribution in [0.15, 0.2) is 42.0 Å². The van der Waals surface area contributed by atoms with Crippen molar-refractivity contribution in [2.75, 3.05) is 7.11 Å². The van der Waals surface area contributed by atoms with Gasteiger partial charge in [0.05, 0.1) is 7.11 Å². The van der Waals surface area contributed by atoms with E-state index in [0.717, 1.165) is 5.56 Å². The van der Waals surface area contributed by atoms with Gasteiger partial charge >= 0.3 is 6.61 Å². The molecule has 124 valence electrons. The number of allylic oxidation sites excluding steroid dienone is 1. The highest BCUT2D eigenvalue weighted by Crippen LogP contribution is 2.34. The van der Waals surface area contributed by atoms with Gasteiger partial charge in [0.2, 0.25) is 0 Å². The van der Waals surface area contributed by atoms with E-state index in [0.29, 0.717) is 28.1 Å². The first-order valence-electron chi connectivity index (χ1n) is 7.15. The van der Waals surface area contributed by atoms with E-state index in [-0.39, 0.29) is 17.3 Å². The van der Waals surface area contributed by atoms with Gasteiger partial charge in [0, 0.05) is 22.6 Å². The number of alkyl halides is 2. The van der Waals surface area contributed by atoms with E-state index in [4.69, 9.17) is 16.3 Å². The number of benzene rings is 2. The van der Waals surface area contributed by atoms with Gasteiger partial charge in [-0.1, -0.05) is 29.8 Å². The predicted octanol–water partition coefficient (Wildman–Crippen LogP) is 4.77. The second-order valence-corrected chi connectivity index (χ2v) is 5.64. The van der Waals surface area contributed by atoms with Crippen LogP contribution < -0.4 is 9.47 Å². The molecule has 0 saturated carbocycles. The Morgan fingerprint density at radius 3 is 2.67 bits per heavy atom. The summed E-state index contributed by atoms with van der Waals surface area (Å²) >= 11 is 6.13. The molecule has 2 aromatic carbocycles. The van der Waals surface area contributed by atoms with E-state index >= 15 is 0 Å². The van der Waals surface area contributed by atoms with E-state index < -0.39 is 6.61 Å². The van der Waals surface area contributed by atoms with Crippen molar-refractivity contribution < 1.29 is 23.0 Å². The Balaban J connectivity index is 1.93. The smallest absolute Gasteiger partial charge is 0.387 e. The van der Waals surface area contributed by atoms with Crippen molar-refractivity contribution in [1.29, 1.82) is 0 Å². The largest absolute Gasteiger partial charge is 0.493 e. The third-order valence-corrected chi connectivity index (χ3v) is 4.12. The zero-order chi connectivity index (χ0) is 17.3. The van der Waals surface area contributed by atoms with Gasteiger partial charge in [-0.2, -0.15) is 8.78 Å². The molecule has 0 unspecified atom stereocenters. The number of halogens is 3. The fraction of sp³-hybridized carbons (Fsp3) is 0.167. The number of ether oxygens (including phenoxy) is 2. The molecule has 0 bridgehead atoms. The summed E-state index contributed by atoms with van der Waals surface area (Å²) in [5, 5.41) is 0.558. The molecule has 0 atom stereocenters. The number of carbonyl (C=O) groups is 1. The van der Waals surface area contributed by atoms with E-state index in [1.54, 1.807) is 36.4 Å². The third kappa shape index (κ3) is 3.12. The maximum absolute atomic E-state index is 12.4. The molecule has 1 aliphatic rings. The molecular formula is C18H13ClF2O3. The van der Waals surface area contributed by atoms with Crippen LogP contribution in [0, 0.1) is 0 Å². The molecule has 1 aliphatic carbocycles. The Morgan fingerprint density at radius 1 is 1.21 bits per heavy atom. The standard InChI is InChI=1S/C18H13ClF2O3/c1-23-16-8-10(5-6-15(16)24-18(20)21)7-11-9-13-12(17(11)22)3-2-4-14(13)19/h2-8,18H,9H2,1H3/b11-7-. The number of Topliss-reactive ketones (excluding diaryl/α,β-unsaturated/α-hetero) is 1. The van der Waals surface area contributed by atoms with E-state index in [1.807, 2.05) is 0 Å². The van der Waals surface area contributed by atoms with Crippen molar-refractivity contribution in [2.45, 2.75) is 13.0 Å². The van der Waals surface area contributed by atoms with Crippen molar-refractivity contribution >= 4 is 23.5 Å². The summed E-state index contributed by atoms with van der Waals surface area (Å²) in [7, 11) is 1.36. The molecule has 0 aliphatic heterocycles. The highest BCUT2D eigenvalue weighted by Gasteiger charge is 2.26. The van der Waals surface area contributed by atoms with Crippen LogP contribution in [0.25, 0.3) is 6.08 Å². The Hall–Kier alpha value is -2.40. The number of ketones is 1. The highest BCUT2D eigenvalue weighted by atomic mass is 35.5. The Morgan fingerprint density at radius 2 is 2.00 bits per heavy atom. The minimum Gasteiger partial charge on any atom is -0.493 e. The van der Waals surface area contributed by atoms with Crippen LogP contribution in [-0.4, -0.2) is 19.5 Å². The maximum atomic E-state index is 12.4. The van der Waals surface area contributed by atoms with E-state index in [9.17, 15) is 13.6 Å².